The zero-order valence-electron chi connectivity index (χ0n) is 13.0. The molecule has 2 nitrogen and oxygen atoms in total. The minimum absolute atomic E-state index is 0.198. The van der Waals surface area contributed by atoms with Gasteiger partial charge in [0.15, 0.2) is 0 Å². The van der Waals surface area contributed by atoms with Crippen molar-refractivity contribution in [2.45, 2.75) is 38.6 Å². The number of rotatable bonds is 2. The molecule has 1 heterocycles. The van der Waals surface area contributed by atoms with E-state index in [-0.39, 0.29) is 5.41 Å². The second-order valence-electron chi connectivity index (χ2n) is 6.60. The van der Waals surface area contributed by atoms with E-state index in [1.54, 1.807) is 0 Å². The fourth-order valence-electron chi connectivity index (χ4n) is 2.73. The molecule has 2 aromatic rings. The SMILES string of the molecule is CC(C)(C)c1ccc(C2CC=NN2c2ccccc2)cc1. The molecule has 1 unspecified atom stereocenters. The first-order valence-corrected chi connectivity index (χ1v) is 7.53. The van der Waals surface area contributed by atoms with Crippen LogP contribution >= 0.6 is 0 Å². The summed E-state index contributed by atoms with van der Waals surface area (Å²) >= 11 is 0. The molecule has 0 bridgehead atoms. The Bertz CT molecular complexity index is 621. The Morgan fingerprint density at radius 2 is 1.62 bits per heavy atom. The van der Waals surface area contributed by atoms with Gasteiger partial charge in [0, 0.05) is 12.6 Å². The summed E-state index contributed by atoms with van der Waals surface area (Å²) in [6.45, 7) is 6.74. The van der Waals surface area contributed by atoms with Gasteiger partial charge >= 0.3 is 0 Å². The van der Waals surface area contributed by atoms with E-state index in [1.807, 2.05) is 12.3 Å². The van der Waals surface area contributed by atoms with Crippen molar-refractivity contribution in [3.05, 3.63) is 65.7 Å². The quantitative estimate of drug-likeness (QED) is 0.761. The van der Waals surface area contributed by atoms with Crippen LogP contribution in [0, 0.1) is 0 Å². The monoisotopic (exact) mass is 278 g/mol. The Morgan fingerprint density at radius 1 is 0.952 bits per heavy atom. The molecule has 2 heteroatoms. The van der Waals surface area contributed by atoms with E-state index in [2.05, 4.69) is 79.4 Å². The maximum atomic E-state index is 4.54. The average molecular weight is 278 g/mol. The van der Waals surface area contributed by atoms with Crippen LogP contribution in [0.3, 0.4) is 0 Å². The summed E-state index contributed by atoms with van der Waals surface area (Å²) < 4.78 is 0. The smallest absolute Gasteiger partial charge is 0.0825 e. The third-order valence-corrected chi connectivity index (χ3v) is 4.01. The van der Waals surface area contributed by atoms with Gasteiger partial charge in [-0.15, -0.1) is 0 Å². The first-order chi connectivity index (χ1) is 10.1. The topological polar surface area (TPSA) is 15.6 Å². The van der Waals surface area contributed by atoms with E-state index in [1.165, 1.54) is 11.1 Å². The van der Waals surface area contributed by atoms with Gasteiger partial charge in [0.25, 0.3) is 0 Å². The largest absolute Gasteiger partial charge is 0.258 e. The number of anilines is 1. The predicted octanol–water partition coefficient (Wildman–Crippen LogP) is 4.92. The molecule has 0 radical (unpaired) electrons. The van der Waals surface area contributed by atoms with Crippen LogP contribution in [0.5, 0.6) is 0 Å². The zero-order valence-corrected chi connectivity index (χ0v) is 13.0. The average Bonchev–Trinajstić information content (AvgIpc) is 2.97. The standard InChI is InChI=1S/C19H22N2/c1-19(2,3)16-11-9-15(10-12-16)18-13-14-20-21(18)17-7-5-4-6-8-17/h4-12,14,18H,13H2,1-3H3. The summed E-state index contributed by atoms with van der Waals surface area (Å²) in [5.74, 6) is 0. The normalized spacial score (nSPS) is 18.2. The lowest BCUT2D eigenvalue weighted by molar-refractivity contribution is 0.589. The molecule has 21 heavy (non-hydrogen) atoms. The molecule has 0 saturated carbocycles. The molecular weight excluding hydrogens is 256 g/mol. The van der Waals surface area contributed by atoms with Crippen LogP contribution in [0.2, 0.25) is 0 Å². The van der Waals surface area contributed by atoms with Crippen LogP contribution in [0.1, 0.15) is 44.4 Å². The van der Waals surface area contributed by atoms with Crippen molar-refractivity contribution in [3.8, 4) is 0 Å². The molecule has 0 amide bonds. The zero-order chi connectivity index (χ0) is 14.9. The van der Waals surface area contributed by atoms with Crippen molar-refractivity contribution in [1.82, 2.24) is 0 Å². The van der Waals surface area contributed by atoms with E-state index < -0.39 is 0 Å². The summed E-state index contributed by atoms with van der Waals surface area (Å²) in [6.07, 6.45) is 2.97. The number of nitrogens with zero attached hydrogens (tertiary/aromatic N) is 2. The summed E-state index contributed by atoms with van der Waals surface area (Å²) in [4.78, 5) is 0. The molecule has 1 atom stereocenters. The van der Waals surface area contributed by atoms with Gasteiger partial charge in [0.05, 0.1) is 11.7 Å². The molecule has 0 aromatic heterocycles. The Morgan fingerprint density at radius 3 is 2.24 bits per heavy atom. The molecule has 2 aromatic carbocycles. The van der Waals surface area contributed by atoms with Gasteiger partial charge in [-0.1, -0.05) is 63.2 Å². The summed E-state index contributed by atoms with van der Waals surface area (Å²) in [6, 6.07) is 19.7. The summed E-state index contributed by atoms with van der Waals surface area (Å²) in [5.41, 5.74) is 4.04. The number of hydrazone groups is 1. The minimum Gasteiger partial charge on any atom is -0.258 e. The van der Waals surface area contributed by atoms with Crippen molar-refractivity contribution in [2.75, 3.05) is 5.01 Å². The van der Waals surface area contributed by atoms with Gasteiger partial charge in [0.1, 0.15) is 0 Å². The van der Waals surface area contributed by atoms with Gasteiger partial charge in [-0.25, -0.2) is 0 Å². The highest BCUT2D eigenvalue weighted by Gasteiger charge is 2.24. The van der Waals surface area contributed by atoms with Crippen LogP contribution < -0.4 is 5.01 Å². The van der Waals surface area contributed by atoms with Gasteiger partial charge < -0.3 is 0 Å². The van der Waals surface area contributed by atoms with E-state index in [0.717, 1.165) is 12.1 Å². The first kappa shape index (κ1) is 13.9. The molecule has 0 fully saturated rings. The summed E-state index contributed by atoms with van der Waals surface area (Å²) in [5, 5.41) is 6.66. The maximum absolute atomic E-state index is 4.54. The second-order valence-corrected chi connectivity index (χ2v) is 6.60. The molecule has 0 N–H and O–H groups in total. The van der Waals surface area contributed by atoms with Crippen molar-refractivity contribution < 1.29 is 0 Å². The van der Waals surface area contributed by atoms with E-state index in [0.29, 0.717) is 6.04 Å². The fraction of sp³-hybridized carbons (Fsp3) is 0.316. The first-order valence-electron chi connectivity index (χ1n) is 7.53. The van der Waals surface area contributed by atoms with Gasteiger partial charge in [0.2, 0.25) is 0 Å². The van der Waals surface area contributed by atoms with Gasteiger partial charge in [-0.3, -0.25) is 5.01 Å². The van der Waals surface area contributed by atoms with Crippen LogP contribution in [0.4, 0.5) is 5.69 Å². The highest BCUT2D eigenvalue weighted by atomic mass is 15.5. The van der Waals surface area contributed by atoms with Crippen molar-refractivity contribution in [3.63, 3.8) is 0 Å². The van der Waals surface area contributed by atoms with Crippen molar-refractivity contribution >= 4 is 11.9 Å². The lowest BCUT2D eigenvalue weighted by Crippen LogP contribution is -2.19. The minimum atomic E-state index is 0.198. The molecule has 0 spiro atoms. The number of benzene rings is 2. The number of hydrogen-bond donors (Lipinski definition) is 0. The third kappa shape index (κ3) is 2.85. The van der Waals surface area contributed by atoms with Crippen LogP contribution in [-0.2, 0) is 5.41 Å². The molecular formula is C19H22N2. The Labute approximate surface area is 127 Å². The summed E-state index contributed by atoms with van der Waals surface area (Å²) in [7, 11) is 0. The van der Waals surface area contributed by atoms with Crippen molar-refractivity contribution in [2.24, 2.45) is 5.10 Å². The number of hydrogen-bond acceptors (Lipinski definition) is 2. The highest BCUT2D eigenvalue weighted by molar-refractivity contribution is 5.67. The molecule has 0 saturated heterocycles. The molecule has 1 aliphatic rings. The number of para-hydroxylation sites is 1. The molecule has 1 aliphatic heterocycles. The van der Waals surface area contributed by atoms with Gasteiger partial charge in [-0.2, -0.15) is 5.10 Å². The second kappa shape index (κ2) is 5.36. The molecule has 108 valence electrons. The maximum Gasteiger partial charge on any atom is 0.0825 e. The van der Waals surface area contributed by atoms with Crippen molar-refractivity contribution in [1.29, 1.82) is 0 Å². The fourth-order valence-corrected chi connectivity index (χ4v) is 2.73. The van der Waals surface area contributed by atoms with E-state index in [9.17, 15) is 0 Å². The van der Waals surface area contributed by atoms with Crippen LogP contribution in [0.15, 0.2) is 59.7 Å². The van der Waals surface area contributed by atoms with Gasteiger partial charge in [-0.05, 0) is 28.7 Å². The van der Waals surface area contributed by atoms with Crippen LogP contribution in [0.25, 0.3) is 0 Å². The lowest BCUT2D eigenvalue weighted by Gasteiger charge is -2.25. The predicted molar refractivity (Wildman–Crippen MR) is 89.9 cm³/mol. The van der Waals surface area contributed by atoms with Crippen LogP contribution in [-0.4, -0.2) is 6.21 Å². The van der Waals surface area contributed by atoms with E-state index >= 15 is 0 Å². The Hall–Kier alpha value is -2.09. The molecule has 3 rings (SSSR count). The molecule has 0 aliphatic carbocycles. The van der Waals surface area contributed by atoms with E-state index in [4.69, 9.17) is 0 Å². The highest BCUT2D eigenvalue weighted by Crippen LogP contribution is 2.34. The Kier molecular flexibility index (Phi) is 3.54. The third-order valence-electron chi connectivity index (χ3n) is 4.01. The Balaban J connectivity index is 1.87. The lowest BCUT2D eigenvalue weighted by atomic mass is 9.86.